The first-order valence-corrected chi connectivity index (χ1v) is 25.3. The van der Waals surface area contributed by atoms with E-state index in [2.05, 4.69) is 65.2 Å². The topological polar surface area (TPSA) is 276 Å². The third kappa shape index (κ3) is 10.3. The van der Waals surface area contributed by atoms with Gasteiger partial charge in [-0.3, -0.25) is 0 Å². The number of ether oxygens (including phenoxy) is 3. The monoisotopic (exact) mass is 1150 g/mol. The molecule has 0 radical (unpaired) electrons. The van der Waals surface area contributed by atoms with Gasteiger partial charge in [0.15, 0.2) is 0 Å². The van der Waals surface area contributed by atoms with Crippen molar-refractivity contribution in [3.05, 3.63) is 97.4 Å². The summed E-state index contributed by atoms with van der Waals surface area (Å²) < 4.78 is 148. The number of aromatic nitrogens is 2. The van der Waals surface area contributed by atoms with Crippen LogP contribution in [-0.4, -0.2) is 97.4 Å². The van der Waals surface area contributed by atoms with Crippen LogP contribution in [0.3, 0.4) is 0 Å². The second-order valence-electron chi connectivity index (χ2n) is 17.1. The Hall–Kier alpha value is -5.61. The Labute approximate surface area is 412 Å². The molecule has 376 valence electrons. The lowest BCUT2D eigenvalue weighted by molar-refractivity contribution is -0.0505. The third-order valence-electron chi connectivity index (χ3n) is 12.5. The standard InChI is InChI=1S/C17H15F3N4O4S.C13H12BrF3N2O4S.C12H13BrN2O2/c18-17(19,20)29(25,26)28-14-2-1-11(10-6-22-9-23-7-10)13-5-16(4-3-12(13)14)8-27-15(21)24-16;14-9-1-2-10(23-24(20,21)13(15,16)17)7-3-4-12(5-8(7)9)6-22-11(18)19-12;13-9-1-2-10(16)7-3-4-12(5-8(7)9)6-17-11(14)15-12/h1-2,6-7,9H,3-5,8H2,(H2,21,24);1-2H,3-6H2,(H2,18,19);1-2,16H,3-6H2,(H2,14,15). The largest absolute Gasteiger partial charge is 0.534 e. The van der Waals surface area contributed by atoms with E-state index < -0.39 is 42.3 Å². The van der Waals surface area contributed by atoms with Crippen molar-refractivity contribution in [1.82, 2.24) is 9.97 Å². The molecule has 6 aliphatic rings. The maximum atomic E-state index is 12.8. The third-order valence-corrected chi connectivity index (χ3v) is 15.9. The number of nitrogens with zero attached hydrogens (tertiary/aromatic N) is 5. The van der Waals surface area contributed by atoms with Crippen molar-refractivity contribution in [3.8, 4) is 28.4 Å². The van der Waals surface area contributed by atoms with Gasteiger partial charge in [-0.1, -0.05) is 37.9 Å². The summed E-state index contributed by atoms with van der Waals surface area (Å²) in [4.78, 5) is 21.0. The van der Waals surface area contributed by atoms with Gasteiger partial charge in [0.05, 0.1) is 0 Å². The number of phenolic OH excluding ortho intramolecular Hbond substituents is 1. The highest BCUT2D eigenvalue weighted by Crippen LogP contribution is 2.46. The molecule has 3 aliphatic heterocycles. The van der Waals surface area contributed by atoms with Crippen LogP contribution in [0, 0.1) is 0 Å². The van der Waals surface area contributed by atoms with E-state index in [1.165, 1.54) is 30.6 Å². The van der Waals surface area contributed by atoms with Gasteiger partial charge in [-0.25, -0.2) is 24.9 Å². The summed E-state index contributed by atoms with van der Waals surface area (Å²) in [5.41, 5.74) is 9.73. The fourth-order valence-electron chi connectivity index (χ4n) is 9.07. The molecule has 3 spiro atoms. The zero-order valence-corrected chi connectivity index (χ0v) is 40.9. The van der Waals surface area contributed by atoms with E-state index in [0.717, 1.165) is 34.9 Å². The Kier molecular flexibility index (Phi) is 13.4. The number of nitrogens with two attached hydrogens (primary N) is 3. The zero-order valence-electron chi connectivity index (χ0n) is 36.1. The van der Waals surface area contributed by atoms with Crippen molar-refractivity contribution in [1.29, 1.82) is 0 Å². The SMILES string of the molecule is NC1=NC2(CCc3c(O)ccc(Br)c3C2)CO1.NC1=NC2(CCc3c(OS(=O)(=O)C(F)(F)F)ccc(-c4cncnc4)c3C2)CO1.NC1=NC2(CCc3c(OS(=O)(=O)C(F)(F)F)ccc(Br)c3C2)CO1. The van der Waals surface area contributed by atoms with Gasteiger partial charge in [-0.15, -0.1) is 0 Å². The number of hydrogen-bond acceptors (Lipinski definition) is 18. The van der Waals surface area contributed by atoms with Gasteiger partial charge < -0.3 is 44.9 Å². The molecule has 10 rings (SSSR count). The molecule has 3 atom stereocenters. The molecule has 18 nitrogen and oxygen atoms in total. The van der Waals surface area contributed by atoms with Crippen LogP contribution in [0.4, 0.5) is 26.3 Å². The quantitative estimate of drug-likeness (QED) is 0.103. The van der Waals surface area contributed by atoms with Crippen LogP contribution in [0.1, 0.15) is 52.6 Å². The Bertz CT molecular complexity index is 3060. The van der Waals surface area contributed by atoms with Gasteiger partial charge in [0.25, 0.3) is 18.1 Å². The molecule has 0 amide bonds. The van der Waals surface area contributed by atoms with Gasteiger partial charge in [0, 0.05) is 51.7 Å². The number of aliphatic imine (C=N–C) groups is 3. The van der Waals surface area contributed by atoms with Gasteiger partial charge in [-0.05, 0) is 102 Å². The van der Waals surface area contributed by atoms with Crippen LogP contribution in [-0.2, 0) is 73.0 Å². The Morgan fingerprint density at radius 1 is 0.571 bits per heavy atom. The van der Waals surface area contributed by atoms with Crippen molar-refractivity contribution in [2.75, 3.05) is 19.8 Å². The summed E-state index contributed by atoms with van der Waals surface area (Å²) in [6.45, 7) is 1.05. The van der Waals surface area contributed by atoms with E-state index in [-0.39, 0.29) is 67.6 Å². The second kappa shape index (κ2) is 18.5. The van der Waals surface area contributed by atoms with Crippen molar-refractivity contribution in [2.24, 2.45) is 32.2 Å². The van der Waals surface area contributed by atoms with Crippen LogP contribution in [0.15, 0.2) is 79.0 Å². The van der Waals surface area contributed by atoms with Crippen molar-refractivity contribution < 1.29 is 70.9 Å². The molecule has 0 saturated carbocycles. The van der Waals surface area contributed by atoms with Crippen molar-refractivity contribution in [3.63, 3.8) is 0 Å². The molecular weight excluding hydrogens is 1110 g/mol. The lowest BCUT2D eigenvalue weighted by atomic mass is 9.76. The van der Waals surface area contributed by atoms with Crippen LogP contribution in [0.2, 0.25) is 0 Å². The highest BCUT2D eigenvalue weighted by molar-refractivity contribution is 9.10. The highest BCUT2D eigenvalue weighted by Gasteiger charge is 2.51. The molecule has 7 N–H and O–H groups in total. The summed E-state index contributed by atoms with van der Waals surface area (Å²) in [5, 5.41) is 9.85. The van der Waals surface area contributed by atoms with Gasteiger partial charge >= 0.3 is 31.3 Å². The molecule has 3 unspecified atom stereocenters. The van der Waals surface area contributed by atoms with Crippen LogP contribution >= 0.6 is 31.9 Å². The molecule has 0 fully saturated rings. The average Bonchev–Trinajstić information content (AvgIpc) is 3.97. The van der Waals surface area contributed by atoms with E-state index in [1.807, 2.05) is 6.07 Å². The number of aromatic hydroxyl groups is 1. The van der Waals surface area contributed by atoms with E-state index in [4.69, 9.17) is 31.4 Å². The Balaban J connectivity index is 0.000000146. The summed E-state index contributed by atoms with van der Waals surface area (Å²) in [7, 11) is -11.5. The van der Waals surface area contributed by atoms with E-state index in [9.17, 15) is 48.3 Å². The molecule has 28 heteroatoms. The number of alkyl halides is 6. The summed E-state index contributed by atoms with van der Waals surface area (Å²) in [6, 6.07) is 9.34. The second-order valence-corrected chi connectivity index (χ2v) is 21.9. The average molecular weight is 1150 g/mol. The first-order chi connectivity index (χ1) is 32.7. The van der Waals surface area contributed by atoms with Crippen LogP contribution in [0.5, 0.6) is 17.2 Å². The van der Waals surface area contributed by atoms with E-state index >= 15 is 0 Å². The number of hydrogen-bond donors (Lipinski definition) is 4. The van der Waals surface area contributed by atoms with Crippen LogP contribution in [0.25, 0.3) is 11.1 Å². The summed E-state index contributed by atoms with van der Waals surface area (Å²) in [6.07, 6.45) is 8.93. The van der Waals surface area contributed by atoms with Gasteiger partial charge in [0.1, 0.15) is 60.0 Å². The smallest absolute Gasteiger partial charge is 0.508 e. The number of phenols is 1. The minimum absolute atomic E-state index is 0.0464. The highest BCUT2D eigenvalue weighted by atomic mass is 79.9. The summed E-state index contributed by atoms with van der Waals surface area (Å²) >= 11 is 6.86. The predicted octanol–water partition coefficient (Wildman–Crippen LogP) is 5.92. The number of halogens is 8. The predicted molar refractivity (Wildman–Crippen MR) is 246 cm³/mol. The Morgan fingerprint density at radius 3 is 1.39 bits per heavy atom. The van der Waals surface area contributed by atoms with E-state index in [0.29, 0.717) is 69.5 Å². The van der Waals surface area contributed by atoms with Gasteiger partial charge in [0.2, 0.25) is 0 Å². The molecule has 3 aromatic carbocycles. The minimum atomic E-state index is -5.79. The molecule has 4 heterocycles. The van der Waals surface area contributed by atoms with Crippen molar-refractivity contribution in [2.45, 2.75) is 85.4 Å². The first kappa shape index (κ1) is 50.8. The fraction of sp³-hybridized carbons (Fsp3) is 0.405. The maximum absolute atomic E-state index is 12.8. The minimum Gasteiger partial charge on any atom is -0.508 e. The maximum Gasteiger partial charge on any atom is 0.534 e. The molecule has 4 aromatic rings. The number of benzene rings is 3. The van der Waals surface area contributed by atoms with E-state index in [1.54, 1.807) is 18.5 Å². The fourth-order valence-corrected chi connectivity index (χ4v) is 11.1. The molecule has 1 aromatic heterocycles. The summed E-state index contributed by atoms with van der Waals surface area (Å²) in [5.74, 6) is -0.311. The normalized spacial score (nSPS) is 23.4. The van der Waals surface area contributed by atoms with Crippen LogP contribution < -0.4 is 25.6 Å². The first-order valence-electron chi connectivity index (χ1n) is 20.9. The molecule has 3 aliphatic carbocycles. The lowest BCUT2D eigenvalue weighted by Crippen LogP contribution is -2.36. The molecular formula is C42H40Br2F6N8O10S2. The lowest BCUT2D eigenvalue weighted by Gasteiger charge is -2.32. The van der Waals surface area contributed by atoms with Gasteiger partial charge in [-0.2, -0.15) is 43.2 Å². The number of rotatable bonds is 5. The molecule has 0 bridgehead atoms. The number of fused-ring (bicyclic) bond motifs is 3. The van der Waals surface area contributed by atoms with Crippen molar-refractivity contribution >= 4 is 70.2 Å². The molecule has 70 heavy (non-hydrogen) atoms. The number of amidine groups is 3. The molecule has 0 saturated heterocycles. The zero-order chi connectivity index (χ0) is 50.7. The Morgan fingerprint density at radius 2 is 0.957 bits per heavy atom.